The molecule has 0 aromatic rings. The minimum absolute atomic E-state index is 0.101. The number of hydrogen-bond donors (Lipinski definition) is 6. The summed E-state index contributed by atoms with van der Waals surface area (Å²) in [6, 6.07) is -1.02. The number of hydrogen-bond acceptors (Lipinski definition) is 10. The zero-order chi connectivity index (χ0) is 46.2. The van der Waals surface area contributed by atoms with Crippen LogP contribution in [-0.2, 0) is 23.8 Å². The number of carbonyl (C=O) groups excluding carboxylic acids is 2. The average molecular weight is 892 g/mol. The van der Waals surface area contributed by atoms with Crippen molar-refractivity contribution in [2.75, 3.05) is 13.2 Å². The van der Waals surface area contributed by atoms with Crippen LogP contribution in [0.2, 0.25) is 0 Å². The maximum absolute atomic E-state index is 13.3. The topological polar surface area (TPSA) is 175 Å². The van der Waals surface area contributed by atoms with E-state index in [0.29, 0.717) is 19.3 Å². The van der Waals surface area contributed by atoms with Crippen LogP contribution < -0.4 is 5.32 Å². The summed E-state index contributed by atoms with van der Waals surface area (Å²) in [6.45, 7) is 5.58. The molecule has 0 aromatic heterocycles. The number of ether oxygens (including phenoxy) is 3. The molecule has 0 aromatic carbocycles. The van der Waals surface area contributed by atoms with Gasteiger partial charge in [-0.15, -0.1) is 0 Å². The maximum Gasteiger partial charge on any atom is 0.306 e. The van der Waals surface area contributed by atoms with Crippen molar-refractivity contribution in [1.82, 2.24) is 5.32 Å². The van der Waals surface area contributed by atoms with E-state index in [1.54, 1.807) is 6.08 Å². The molecule has 63 heavy (non-hydrogen) atoms. The third-order valence-electron chi connectivity index (χ3n) is 11.8. The minimum atomic E-state index is -1.62. The van der Waals surface area contributed by atoms with Crippen LogP contribution in [0, 0.1) is 0 Å². The Morgan fingerprint density at radius 3 is 1.70 bits per heavy atom. The predicted octanol–water partition coefficient (Wildman–Crippen LogP) is 10.2. The van der Waals surface area contributed by atoms with Crippen molar-refractivity contribution in [1.29, 1.82) is 0 Å². The van der Waals surface area contributed by atoms with Crippen LogP contribution in [0.1, 0.15) is 207 Å². The first-order chi connectivity index (χ1) is 30.7. The van der Waals surface area contributed by atoms with E-state index in [1.165, 1.54) is 83.5 Å². The molecule has 1 fully saturated rings. The van der Waals surface area contributed by atoms with Gasteiger partial charge in [0.2, 0.25) is 5.91 Å². The Labute approximate surface area is 383 Å². The van der Waals surface area contributed by atoms with Gasteiger partial charge in [0, 0.05) is 6.42 Å². The molecule has 0 aliphatic carbocycles. The third-order valence-corrected chi connectivity index (χ3v) is 11.8. The molecule has 8 atom stereocenters. The van der Waals surface area contributed by atoms with Gasteiger partial charge in [-0.3, -0.25) is 9.59 Å². The van der Waals surface area contributed by atoms with Gasteiger partial charge in [-0.2, -0.15) is 0 Å². The number of amides is 1. The van der Waals surface area contributed by atoms with Crippen LogP contribution in [0.3, 0.4) is 0 Å². The highest BCUT2D eigenvalue weighted by Gasteiger charge is 2.47. The molecule has 366 valence electrons. The largest absolute Gasteiger partial charge is 0.454 e. The molecule has 1 heterocycles. The molecule has 11 heteroatoms. The summed E-state index contributed by atoms with van der Waals surface area (Å²) in [5.41, 5.74) is 0. The summed E-state index contributed by atoms with van der Waals surface area (Å²) in [7, 11) is 0. The van der Waals surface area contributed by atoms with E-state index in [4.69, 9.17) is 14.2 Å². The minimum Gasteiger partial charge on any atom is -0.454 e. The maximum atomic E-state index is 13.3. The lowest BCUT2D eigenvalue weighted by molar-refractivity contribution is -0.305. The highest BCUT2D eigenvalue weighted by atomic mass is 16.7. The molecule has 1 aliphatic rings. The van der Waals surface area contributed by atoms with Crippen LogP contribution in [0.5, 0.6) is 0 Å². The van der Waals surface area contributed by atoms with E-state index in [1.807, 2.05) is 24.3 Å². The average Bonchev–Trinajstić information content (AvgIpc) is 3.28. The normalized spacial score (nSPS) is 20.9. The van der Waals surface area contributed by atoms with Gasteiger partial charge in [0.1, 0.15) is 24.4 Å². The van der Waals surface area contributed by atoms with Crippen LogP contribution in [0.4, 0.5) is 0 Å². The monoisotopic (exact) mass is 892 g/mol. The highest BCUT2D eigenvalue weighted by molar-refractivity contribution is 5.80. The summed E-state index contributed by atoms with van der Waals surface area (Å²) in [5, 5.41) is 56.4. The predicted molar refractivity (Wildman–Crippen MR) is 255 cm³/mol. The number of aliphatic hydroxyl groups is 5. The highest BCUT2D eigenvalue weighted by Crippen LogP contribution is 2.26. The Bertz CT molecular complexity index is 1210. The van der Waals surface area contributed by atoms with Gasteiger partial charge in [0.25, 0.3) is 0 Å². The SMILES string of the molecule is CC/C=C/C=C/C=C\CCCCCCCC(=O)OC1C(OCC(NC(=O)C(O)CCCCCCCCCCCC)C(O)/C=C/CCCCCCCCCCC)OC(CO)C(O)C1O. The summed E-state index contributed by atoms with van der Waals surface area (Å²) in [4.78, 5) is 26.3. The third kappa shape index (κ3) is 30.5. The van der Waals surface area contributed by atoms with Gasteiger partial charge < -0.3 is 45.1 Å². The Morgan fingerprint density at radius 1 is 0.635 bits per heavy atom. The fraction of sp³-hybridized carbons (Fsp3) is 0.808. The number of rotatable bonds is 41. The molecule has 1 aliphatic heterocycles. The Kier molecular flexibility index (Phi) is 38.2. The summed E-state index contributed by atoms with van der Waals surface area (Å²) in [6.07, 6.45) is 36.0. The van der Waals surface area contributed by atoms with Crippen molar-refractivity contribution in [3.05, 3.63) is 48.6 Å². The van der Waals surface area contributed by atoms with Gasteiger partial charge in [-0.05, 0) is 44.9 Å². The number of carbonyl (C=O) groups is 2. The number of aliphatic hydroxyl groups excluding tert-OH is 5. The van der Waals surface area contributed by atoms with Crippen LogP contribution >= 0.6 is 0 Å². The van der Waals surface area contributed by atoms with Gasteiger partial charge in [-0.25, -0.2) is 0 Å². The molecule has 6 N–H and O–H groups in total. The fourth-order valence-corrected chi connectivity index (χ4v) is 7.71. The van der Waals surface area contributed by atoms with Crippen LogP contribution in [-0.4, -0.2) is 99.6 Å². The van der Waals surface area contributed by atoms with E-state index in [2.05, 4.69) is 44.3 Å². The van der Waals surface area contributed by atoms with E-state index in [9.17, 15) is 35.1 Å². The van der Waals surface area contributed by atoms with Gasteiger partial charge in [0.05, 0.1) is 25.4 Å². The lowest BCUT2D eigenvalue weighted by atomic mass is 9.99. The van der Waals surface area contributed by atoms with Crippen LogP contribution in [0.25, 0.3) is 0 Å². The molecular weight excluding hydrogens is 799 g/mol. The summed E-state index contributed by atoms with van der Waals surface area (Å²) >= 11 is 0. The van der Waals surface area contributed by atoms with Crippen molar-refractivity contribution in [2.45, 2.75) is 256 Å². The van der Waals surface area contributed by atoms with Crippen molar-refractivity contribution in [3.8, 4) is 0 Å². The van der Waals surface area contributed by atoms with E-state index < -0.39 is 67.4 Å². The zero-order valence-electron chi connectivity index (χ0n) is 39.9. The number of nitrogens with one attached hydrogen (secondary N) is 1. The Balaban J connectivity index is 2.80. The van der Waals surface area contributed by atoms with Gasteiger partial charge in [0.15, 0.2) is 12.4 Å². The second-order valence-electron chi connectivity index (χ2n) is 17.6. The smallest absolute Gasteiger partial charge is 0.306 e. The van der Waals surface area contributed by atoms with Gasteiger partial charge in [-0.1, -0.05) is 204 Å². The first-order valence-corrected chi connectivity index (χ1v) is 25.4. The number of unbranched alkanes of at least 4 members (excludes halogenated alkanes) is 23. The van der Waals surface area contributed by atoms with E-state index >= 15 is 0 Å². The molecule has 8 unspecified atom stereocenters. The number of esters is 1. The van der Waals surface area contributed by atoms with Crippen molar-refractivity contribution in [2.24, 2.45) is 0 Å². The molecule has 0 saturated carbocycles. The first-order valence-electron chi connectivity index (χ1n) is 25.4. The molecule has 0 spiro atoms. The zero-order valence-corrected chi connectivity index (χ0v) is 39.9. The second kappa shape index (κ2) is 41.1. The molecule has 1 amide bonds. The Hall–Kier alpha value is -2.38. The van der Waals surface area contributed by atoms with Crippen molar-refractivity contribution < 1.29 is 49.3 Å². The summed E-state index contributed by atoms with van der Waals surface area (Å²) in [5.74, 6) is -1.22. The number of allylic oxidation sites excluding steroid dienone is 7. The standard InChI is InChI=1S/C52H93NO10/c1-4-7-10-13-16-19-22-23-25-28-31-34-37-40-47(57)63-50-49(59)48(58)46(41-54)62-52(50)61-42-43(44(55)38-35-32-29-27-24-20-17-14-11-8-5-2)53-51(60)45(56)39-36-33-30-26-21-18-15-12-9-6-3/h7,10,13,16,19,22,35,38,43-46,48-50,52,54-56,58-59H,4-6,8-9,11-12,14-15,17-18,20-21,23-34,36-37,39-42H2,1-3H3,(H,53,60)/b10-7+,16-13+,22-19-,38-35+. The molecule has 0 radical (unpaired) electrons. The lowest BCUT2D eigenvalue weighted by Gasteiger charge is -2.41. The molecule has 1 saturated heterocycles. The molecule has 1 rings (SSSR count). The van der Waals surface area contributed by atoms with Crippen LogP contribution in [0.15, 0.2) is 48.6 Å². The second-order valence-corrected chi connectivity index (χ2v) is 17.6. The molecule has 11 nitrogen and oxygen atoms in total. The quantitative estimate of drug-likeness (QED) is 0.0150. The van der Waals surface area contributed by atoms with Gasteiger partial charge >= 0.3 is 5.97 Å². The molecular formula is C52H93NO10. The van der Waals surface area contributed by atoms with Crippen molar-refractivity contribution >= 4 is 11.9 Å². The first kappa shape index (κ1) is 58.6. The Morgan fingerprint density at radius 2 is 1.14 bits per heavy atom. The fourth-order valence-electron chi connectivity index (χ4n) is 7.71. The lowest BCUT2D eigenvalue weighted by Crippen LogP contribution is -2.61. The summed E-state index contributed by atoms with van der Waals surface area (Å²) < 4.78 is 17.5. The van der Waals surface area contributed by atoms with Crippen molar-refractivity contribution in [3.63, 3.8) is 0 Å². The van der Waals surface area contributed by atoms with E-state index in [0.717, 1.165) is 77.0 Å². The van der Waals surface area contributed by atoms with E-state index in [-0.39, 0.29) is 13.0 Å². The molecule has 0 bridgehead atoms.